The van der Waals surface area contributed by atoms with Gasteiger partial charge in [-0.2, -0.15) is 0 Å². The van der Waals surface area contributed by atoms with Crippen molar-refractivity contribution in [3.63, 3.8) is 0 Å². The summed E-state index contributed by atoms with van der Waals surface area (Å²) in [7, 11) is 1.66. The molecule has 0 aliphatic carbocycles. The summed E-state index contributed by atoms with van der Waals surface area (Å²) in [4.78, 5) is 2.42. The van der Waals surface area contributed by atoms with E-state index in [2.05, 4.69) is 11.8 Å². The number of methoxy groups -OCH3 is 1. The molecule has 0 aromatic heterocycles. The van der Waals surface area contributed by atoms with Gasteiger partial charge in [0.15, 0.2) is 11.5 Å². The lowest BCUT2D eigenvalue weighted by atomic mass is 10.00. The van der Waals surface area contributed by atoms with Gasteiger partial charge in [0.05, 0.1) is 7.11 Å². The minimum Gasteiger partial charge on any atom is -0.493 e. The van der Waals surface area contributed by atoms with Crippen LogP contribution in [0.25, 0.3) is 0 Å². The first-order chi connectivity index (χ1) is 9.20. The average Bonchev–Trinajstić information content (AvgIpc) is 2.43. The Morgan fingerprint density at radius 2 is 2.05 bits per heavy atom. The number of nitrogens with zero attached hydrogens (tertiary/aromatic N) is 1. The number of rotatable bonds is 5. The zero-order chi connectivity index (χ0) is 13.7. The molecule has 1 aliphatic rings. The van der Waals surface area contributed by atoms with E-state index < -0.39 is 0 Å². The molecule has 2 unspecified atom stereocenters. The fraction of sp³-hybridized carbons (Fsp3) is 0.600. The van der Waals surface area contributed by atoms with Crippen LogP contribution in [0.4, 0.5) is 0 Å². The third-order valence-corrected chi connectivity index (χ3v) is 4.27. The summed E-state index contributed by atoms with van der Waals surface area (Å²) in [5.41, 5.74) is 0. The molecule has 1 aromatic rings. The van der Waals surface area contributed by atoms with Gasteiger partial charge in [0.1, 0.15) is 6.61 Å². The summed E-state index contributed by atoms with van der Waals surface area (Å²) in [6.45, 7) is 5.95. The minimum absolute atomic E-state index is 0.325. The van der Waals surface area contributed by atoms with E-state index in [-0.39, 0.29) is 0 Å². The summed E-state index contributed by atoms with van der Waals surface area (Å²) < 4.78 is 11.1. The van der Waals surface area contributed by atoms with Gasteiger partial charge in [0.2, 0.25) is 0 Å². The van der Waals surface area contributed by atoms with Crippen LogP contribution in [-0.2, 0) is 0 Å². The number of alkyl halides is 1. The Balaban J connectivity index is 1.77. The van der Waals surface area contributed by atoms with Crippen LogP contribution in [0.3, 0.4) is 0 Å². The Morgan fingerprint density at radius 3 is 2.74 bits per heavy atom. The summed E-state index contributed by atoms with van der Waals surface area (Å²) in [6, 6.07) is 7.75. The molecule has 0 N–H and O–H groups in total. The zero-order valence-corrected chi connectivity index (χ0v) is 12.4. The van der Waals surface area contributed by atoms with Crippen LogP contribution in [-0.4, -0.2) is 43.6 Å². The Kier molecular flexibility index (Phi) is 5.34. The Bertz CT molecular complexity index is 399. The maximum Gasteiger partial charge on any atom is 0.161 e. The normalized spacial score (nSPS) is 24.2. The Morgan fingerprint density at radius 1 is 1.32 bits per heavy atom. The van der Waals surface area contributed by atoms with Gasteiger partial charge in [-0.15, -0.1) is 11.6 Å². The van der Waals surface area contributed by atoms with Crippen LogP contribution < -0.4 is 9.47 Å². The molecule has 1 saturated heterocycles. The monoisotopic (exact) mass is 283 g/mol. The van der Waals surface area contributed by atoms with Crippen LogP contribution in [0.2, 0.25) is 0 Å². The molecule has 1 aromatic carbocycles. The molecule has 1 fully saturated rings. The van der Waals surface area contributed by atoms with Gasteiger partial charge in [0.25, 0.3) is 0 Å². The van der Waals surface area contributed by atoms with Gasteiger partial charge in [-0.3, -0.25) is 4.90 Å². The second kappa shape index (κ2) is 7.01. The molecule has 19 heavy (non-hydrogen) atoms. The highest BCUT2D eigenvalue weighted by Gasteiger charge is 2.23. The van der Waals surface area contributed by atoms with E-state index in [1.807, 2.05) is 24.3 Å². The van der Waals surface area contributed by atoms with Gasteiger partial charge in [-0.05, 0) is 31.0 Å². The lowest BCUT2D eigenvalue weighted by Gasteiger charge is -2.33. The van der Waals surface area contributed by atoms with Crippen LogP contribution in [0, 0.1) is 5.92 Å². The van der Waals surface area contributed by atoms with Gasteiger partial charge in [-0.25, -0.2) is 0 Å². The average molecular weight is 284 g/mol. The van der Waals surface area contributed by atoms with Crippen LogP contribution >= 0.6 is 11.6 Å². The van der Waals surface area contributed by atoms with Crippen molar-refractivity contribution in [2.45, 2.75) is 18.7 Å². The van der Waals surface area contributed by atoms with E-state index in [0.29, 0.717) is 17.9 Å². The van der Waals surface area contributed by atoms with Crippen LogP contribution in [0.5, 0.6) is 11.5 Å². The molecule has 2 atom stereocenters. The highest BCUT2D eigenvalue weighted by molar-refractivity contribution is 6.20. The SMILES string of the molecule is COc1ccccc1OCCN1CCC(Cl)C(C)C1. The molecule has 0 spiro atoms. The summed E-state index contributed by atoms with van der Waals surface area (Å²) in [5, 5.41) is 0.325. The van der Waals surface area contributed by atoms with Gasteiger partial charge >= 0.3 is 0 Å². The van der Waals surface area contributed by atoms with Crippen LogP contribution in [0.15, 0.2) is 24.3 Å². The number of hydrogen-bond acceptors (Lipinski definition) is 3. The van der Waals surface area contributed by atoms with Gasteiger partial charge in [-0.1, -0.05) is 19.1 Å². The van der Waals surface area contributed by atoms with Crippen molar-refractivity contribution in [3.05, 3.63) is 24.3 Å². The smallest absolute Gasteiger partial charge is 0.161 e. The Labute approximate surface area is 120 Å². The van der Waals surface area contributed by atoms with Gasteiger partial charge in [0, 0.05) is 18.5 Å². The van der Waals surface area contributed by atoms with Crippen molar-refractivity contribution in [2.75, 3.05) is 33.4 Å². The molecule has 0 amide bonds. The van der Waals surface area contributed by atoms with Crippen molar-refractivity contribution in [3.8, 4) is 11.5 Å². The predicted molar refractivity (Wildman–Crippen MR) is 78.4 cm³/mol. The fourth-order valence-electron chi connectivity index (χ4n) is 2.43. The summed E-state index contributed by atoms with van der Waals surface area (Å²) >= 11 is 6.23. The van der Waals surface area contributed by atoms with E-state index in [9.17, 15) is 0 Å². The highest BCUT2D eigenvalue weighted by atomic mass is 35.5. The van der Waals surface area contributed by atoms with E-state index in [1.54, 1.807) is 7.11 Å². The van der Waals surface area contributed by atoms with E-state index in [0.717, 1.165) is 37.6 Å². The molecule has 1 aliphatic heterocycles. The largest absolute Gasteiger partial charge is 0.493 e. The van der Waals surface area contributed by atoms with Crippen LogP contribution in [0.1, 0.15) is 13.3 Å². The zero-order valence-electron chi connectivity index (χ0n) is 11.6. The number of para-hydroxylation sites is 2. The summed E-state index contributed by atoms with van der Waals surface area (Å²) in [5.74, 6) is 2.15. The maximum absolute atomic E-state index is 6.23. The number of piperidine rings is 1. The molecule has 0 saturated carbocycles. The second-order valence-electron chi connectivity index (χ2n) is 5.08. The van der Waals surface area contributed by atoms with Crippen molar-refractivity contribution >= 4 is 11.6 Å². The van der Waals surface area contributed by atoms with Crippen molar-refractivity contribution in [2.24, 2.45) is 5.92 Å². The molecule has 3 nitrogen and oxygen atoms in total. The first-order valence-electron chi connectivity index (χ1n) is 6.83. The fourth-order valence-corrected chi connectivity index (χ4v) is 2.61. The maximum atomic E-state index is 6.23. The first-order valence-corrected chi connectivity index (χ1v) is 7.26. The number of benzene rings is 1. The predicted octanol–water partition coefficient (Wildman–Crippen LogP) is 3.02. The topological polar surface area (TPSA) is 21.7 Å². The van der Waals surface area contributed by atoms with Crippen molar-refractivity contribution < 1.29 is 9.47 Å². The van der Waals surface area contributed by atoms with E-state index >= 15 is 0 Å². The molecule has 1 heterocycles. The van der Waals surface area contributed by atoms with E-state index in [1.165, 1.54) is 0 Å². The third-order valence-electron chi connectivity index (χ3n) is 3.62. The first kappa shape index (κ1) is 14.5. The molecular weight excluding hydrogens is 262 g/mol. The number of likely N-dealkylation sites (tertiary alicyclic amines) is 1. The minimum atomic E-state index is 0.325. The third kappa shape index (κ3) is 4.02. The van der Waals surface area contributed by atoms with Crippen molar-refractivity contribution in [1.29, 1.82) is 0 Å². The second-order valence-corrected chi connectivity index (χ2v) is 5.64. The lowest BCUT2D eigenvalue weighted by Crippen LogP contribution is -2.41. The molecule has 0 radical (unpaired) electrons. The van der Waals surface area contributed by atoms with Gasteiger partial charge < -0.3 is 9.47 Å². The lowest BCUT2D eigenvalue weighted by molar-refractivity contribution is 0.154. The molecule has 2 rings (SSSR count). The highest BCUT2D eigenvalue weighted by Crippen LogP contribution is 2.26. The standard InChI is InChI=1S/C15H22ClNO2/c1-12-11-17(8-7-13(12)16)9-10-19-15-6-4-3-5-14(15)18-2/h3-6,12-13H,7-11H2,1-2H3. The molecule has 106 valence electrons. The number of ether oxygens (including phenoxy) is 2. The molecule has 4 heteroatoms. The Hall–Kier alpha value is -0.930. The van der Waals surface area contributed by atoms with Crippen molar-refractivity contribution in [1.82, 2.24) is 4.90 Å². The van der Waals surface area contributed by atoms with E-state index in [4.69, 9.17) is 21.1 Å². The molecular formula is C15H22ClNO2. The number of halogens is 1. The molecule has 0 bridgehead atoms. The number of hydrogen-bond donors (Lipinski definition) is 0. The summed E-state index contributed by atoms with van der Waals surface area (Å²) in [6.07, 6.45) is 1.07. The quantitative estimate of drug-likeness (QED) is 0.776.